The van der Waals surface area contributed by atoms with Gasteiger partial charge in [0, 0.05) is 0 Å². The number of hydrogen-bond acceptors (Lipinski definition) is 2. The third-order valence-electron chi connectivity index (χ3n) is 1.01. The average Bonchev–Trinajstić information content (AvgIpc) is 2.03. The molecule has 0 aliphatic rings. The van der Waals surface area contributed by atoms with Crippen LogP contribution in [0.3, 0.4) is 0 Å². The zero-order chi connectivity index (χ0) is 7.23. The molecular weight excluding hydrogens is 212 g/mol. The van der Waals surface area contributed by atoms with Crippen LogP contribution in [0.25, 0.3) is 0 Å². The molecule has 10 heavy (non-hydrogen) atoms. The fourth-order valence-electron chi connectivity index (χ4n) is 0.607. The minimum absolute atomic E-state index is 0.643. The number of benzene rings is 1. The lowest BCUT2D eigenvalue weighted by Gasteiger charge is -2.00. The molecule has 0 amide bonds. The van der Waals surface area contributed by atoms with Gasteiger partial charge in [0.05, 0.1) is 0 Å². The molecule has 0 saturated heterocycles. The third kappa shape index (κ3) is 2.62. The first kappa shape index (κ1) is 7.95. The van der Waals surface area contributed by atoms with Crippen molar-refractivity contribution in [3.05, 3.63) is 30.3 Å². The van der Waals surface area contributed by atoms with Crippen molar-refractivity contribution in [2.24, 2.45) is 0 Å². The zero-order valence-corrected chi connectivity index (χ0v) is 7.69. The standard InChI is InChI=1S/C7H7BrOS/c8-10-6-9-7-4-2-1-3-5-7/h1-5H,6H2. The van der Waals surface area contributed by atoms with E-state index in [0.717, 1.165) is 5.75 Å². The molecule has 0 radical (unpaired) electrons. The maximum Gasteiger partial charge on any atom is 0.144 e. The summed E-state index contributed by atoms with van der Waals surface area (Å²) >= 11 is 3.20. The van der Waals surface area contributed by atoms with Gasteiger partial charge in [-0.2, -0.15) is 0 Å². The normalized spacial score (nSPS) is 9.30. The van der Waals surface area contributed by atoms with E-state index in [1.54, 1.807) is 0 Å². The predicted molar refractivity (Wildman–Crippen MR) is 48.5 cm³/mol. The van der Waals surface area contributed by atoms with Crippen LogP contribution in [0, 0.1) is 0 Å². The van der Waals surface area contributed by atoms with E-state index >= 15 is 0 Å². The van der Waals surface area contributed by atoms with Gasteiger partial charge in [-0.3, -0.25) is 0 Å². The Balaban J connectivity index is 2.43. The van der Waals surface area contributed by atoms with Crippen molar-refractivity contribution in [3.63, 3.8) is 0 Å². The highest BCUT2D eigenvalue weighted by Gasteiger charge is 1.87. The lowest BCUT2D eigenvalue weighted by Crippen LogP contribution is -1.88. The number of hydrogen-bond donors (Lipinski definition) is 0. The molecule has 0 N–H and O–H groups in total. The van der Waals surface area contributed by atoms with Gasteiger partial charge in [-0.15, -0.1) is 0 Å². The van der Waals surface area contributed by atoms with E-state index in [1.807, 2.05) is 30.3 Å². The topological polar surface area (TPSA) is 9.23 Å². The van der Waals surface area contributed by atoms with Crippen LogP contribution in [0.15, 0.2) is 30.3 Å². The zero-order valence-electron chi connectivity index (χ0n) is 5.29. The maximum absolute atomic E-state index is 5.27. The van der Waals surface area contributed by atoms with Crippen molar-refractivity contribution < 1.29 is 4.74 Å². The molecule has 0 bridgehead atoms. The largest absolute Gasteiger partial charge is 0.482 e. The Morgan fingerprint density at radius 3 is 2.60 bits per heavy atom. The molecule has 1 rings (SSSR count). The van der Waals surface area contributed by atoms with Crippen LogP contribution in [0.4, 0.5) is 0 Å². The van der Waals surface area contributed by atoms with E-state index in [-0.39, 0.29) is 0 Å². The first-order chi connectivity index (χ1) is 4.93. The second kappa shape index (κ2) is 4.63. The van der Waals surface area contributed by atoms with Crippen molar-refractivity contribution >= 4 is 25.0 Å². The van der Waals surface area contributed by atoms with E-state index in [2.05, 4.69) is 14.8 Å². The molecule has 1 aromatic carbocycles. The van der Waals surface area contributed by atoms with Crippen LogP contribution in [0.1, 0.15) is 0 Å². The number of ether oxygens (including phenoxy) is 1. The predicted octanol–water partition coefficient (Wildman–Crippen LogP) is 3.07. The molecule has 1 nitrogen and oxygen atoms in total. The molecule has 0 fully saturated rings. The minimum atomic E-state index is 0.643. The summed E-state index contributed by atoms with van der Waals surface area (Å²) in [6.45, 7) is 0. The van der Waals surface area contributed by atoms with Crippen LogP contribution in [-0.2, 0) is 0 Å². The molecule has 0 atom stereocenters. The molecule has 0 saturated carbocycles. The Morgan fingerprint density at radius 1 is 1.30 bits per heavy atom. The molecule has 0 aromatic heterocycles. The lowest BCUT2D eigenvalue weighted by molar-refractivity contribution is 0.394. The van der Waals surface area contributed by atoms with Crippen molar-refractivity contribution in [3.8, 4) is 5.75 Å². The molecule has 0 spiro atoms. The molecule has 0 aliphatic carbocycles. The molecule has 0 heterocycles. The van der Waals surface area contributed by atoms with E-state index < -0.39 is 0 Å². The van der Waals surface area contributed by atoms with Gasteiger partial charge in [0.2, 0.25) is 0 Å². The van der Waals surface area contributed by atoms with E-state index in [0.29, 0.717) is 5.94 Å². The maximum atomic E-state index is 5.27. The fourth-order valence-corrected chi connectivity index (χ4v) is 1.07. The lowest BCUT2D eigenvalue weighted by atomic mass is 10.3. The van der Waals surface area contributed by atoms with Gasteiger partial charge in [-0.05, 0) is 37.1 Å². The molecule has 0 unspecified atom stereocenters. The summed E-state index contributed by atoms with van der Waals surface area (Å²) in [6.07, 6.45) is 0. The monoisotopic (exact) mass is 218 g/mol. The number of halogens is 1. The van der Waals surface area contributed by atoms with E-state index in [4.69, 9.17) is 4.74 Å². The Bertz CT molecular complexity index is 178. The summed E-state index contributed by atoms with van der Waals surface area (Å²) in [5, 5.41) is 0. The van der Waals surface area contributed by atoms with Crippen LogP contribution in [0.2, 0.25) is 0 Å². The summed E-state index contributed by atoms with van der Waals surface area (Å²) in [4.78, 5) is 0. The van der Waals surface area contributed by atoms with E-state index in [1.165, 1.54) is 10.2 Å². The first-order valence-corrected chi connectivity index (χ1v) is 5.67. The van der Waals surface area contributed by atoms with Gasteiger partial charge in [-0.1, -0.05) is 18.2 Å². The Morgan fingerprint density at radius 2 is 2.00 bits per heavy atom. The number of para-hydroxylation sites is 1. The summed E-state index contributed by atoms with van der Waals surface area (Å²) in [5.41, 5.74) is 0. The minimum Gasteiger partial charge on any atom is -0.482 e. The highest BCUT2D eigenvalue weighted by molar-refractivity contribution is 9.50. The third-order valence-corrected chi connectivity index (χ3v) is 1.78. The van der Waals surface area contributed by atoms with Gasteiger partial charge in [0.15, 0.2) is 0 Å². The van der Waals surface area contributed by atoms with Gasteiger partial charge < -0.3 is 4.74 Å². The van der Waals surface area contributed by atoms with Crippen molar-refractivity contribution in [1.29, 1.82) is 0 Å². The van der Waals surface area contributed by atoms with E-state index in [9.17, 15) is 0 Å². The van der Waals surface area contributed by atoms with Crippen molar-refractivity contribution in [2.75, 3.05) is 5.94 Å². The summed E-state index contributed by atoms with van der Waals surface area (Å²) < 4.78 is 5.27. The van der Waals surface area contributed by atoms with Crippen LogP contribution < -0.4 is 4.74 Å². The average molecular weight is 219 g/mol. The first-order valence-electron chi connectivity index (χ1n) is 2.85. The Kier molecular flexibility index (Phi) is 3.68. The van der Waals surface area contributed by atoms with Gasteiger partial charge in [0.25, 0.3) is 0 Å². The molecular formula is C7H7BrOS. The summed E-state index contributed by atoms with van der Waals surface area (Å²) in [6, 6.07) is 9.74. The summed E-state index contributed by atoms with van der Waals surface area (Å²) in [7, 11) is 1.49. The van der Waals surface area contributed by atoms with Crippen LogP contribution in [-0.4, -0.2) is 5.94 Å². The molecule has 3 heteroatoms. The molecule has 1 aromatic rings. The quantitative estimate of drug-likeness (QED) is 0.722. The van der Waals surface area contributed by atoms with Gasteiger partial charge in [-0.25, -0.2) is 0 Å². The van der Waals surface area contributed by atoms with Gasteiger partial charge >= 0.3 is 0 Å². The van der Waals surface area contributed by atoms with Crippen LogP contribution >= 0.6 is 25.0 Å². The summed E-state index contributed by atoms with van der Waals surface area (Å²) in [5.74, 6) is 1.55. The van der Waals surface area contributed by atoms with Crippen LogP contribution in [0.5, 0.6) is 5.75 Å². The number of rotatable bonds is 3. The Hall–Kier alpha value is -0.150. The van der Waals surface area contributed by atoms with Gasteiger partial charge in [0.1, 0.15) is 11.7 Å². The fraction of sp³-hybridized carbons (Fsp3) is 0.143. The molecule has 0 aliphatic heterocycles. The van der Waals surface area contributed by atoms with Crippen molar-refractivity contribution in [1.82, 2.24) is 0 Å². The second-order valence-corrected chi connectivity index (χ2v) is 3.51. The second-order valence-electron chi connectivity index (χ2n) is 1.68. The SMILES string of the molecule is BrSCOc1ccccc1. The smallest absolute Gasteiger partial charge is 0.144 e. The molecule has 54 valence electrons. The van der Waals surface area contributed by atoms with Crippen molar-refractivity contribution in [2.45, 2.75) is 0 Å². The highest BCUT2D eigenvalue weighted by atomic mass is 79.9. The highest BCUT2D eigenvalue weighted by Crippen LogP contribution is 2.14. The Labute approximate surface area is 72.0 Å².